The van der Waals surface area contributed by atoms with Crippen molar-refractivity contribution in [1.29, 1.82) is 0 Å². The third kappa shape index (κ3) is 3.96. The predicted octanol–water partition coefficient (Wildman–Crippen LogP) is 1.18. The first-order valence-electron chi connectivity index (χ1n) is 8.84. The van der Waals surface area contributed by atoms with Crippen LogP contribution < -0.4 is 15.1 Å². The molecule has 4 heterocycles. The Balaban J connectivity index is 1.34. The number of hydrogen-bond donors (Lipinski definition) is 1. The third-order valence-corrected chi connectivity index (χ3v) is 4.62. The zero-order valence-corrected chi connectivity index (χ0v) is 14.2. The van der Waals surface area contributed by atoms with E-state index in [1.54, 1.807) is 6.20 Å². The predicted molar refractivity (Wildman–Crippen MR) is 96.0 cm³/mol. The van der Waals surface area contributed by atoms with Gasteiger partial charge in [0.1, 0.15) is 5.82 Å². The molecule has 2 saturated heterocycles. The van der Waals surface area contributed by atoms with E-state index in [4.69, 9.17) is 4.74 Å². The summed E-state index contributed by atoms with van der Waals surface area (Å²) in [6, 6.07) is 6.00. The number of aromatic nitrogens is 4. The highest BCUT2D eigenvalue weighted by Gasteiger charge is 2.21. The van der Waals surface area contributed by atoms with Crippen LogP contribution >= 0.6 is 0 Å². The Bertz CT molecular complexity index is 670. The molecule has 2 aliphatic rings. The van der Waals surface area contributed by atoms with Crippen molar-refractivity contribution in [3.63, 3.8) is 0 Å². The third-order valence-electron chi connectivity index (χ3n) is 4.62. The molecule has 2 aromatic heterocycles. The smallest absolute Gasteiger partial charge is 0.247 e. The molecule has 4 rings (SSSR count). The summed E-state index contributed by atoms with van der Waals surface area (Å²) in [5, 5.41) is 11.6. The van der Waals surface area contributed by atoms with E-state index >= 15 is 0 Å². The monoisotopic (exact) mass is 341 g/mol. The molecule has 0 radical (unpaired) electrons. The van der Waals surface area contributed by atoms with Crippen LogP contribution in [0.15, 0.2) is 30.6 Å². The number of ether oxygens (including phenoxy) is 1. The van der Waals surface area contributed by atoms with E-state index in [0.717, 1.165) is 63.8 Å². The summed E-state index contributed by atoms with van der Waals surface area (Å²) in [5.41, 5.74) is 0. The van der Waals surface area contributed by atoms with Crippen molar-refractivity contribution in [3.8, 4) is 0 Å². The normalized spacial score (nSPS) is 20.7. The van der Waals surface area contributed by atoms with Crippen LogP contribution in [0.1, 0.15) is 12.8 Å². The second-order valence-electron chi connectivity index (χ2n) is 6.32. The summed E-state index contributed by atoms with van der Waals surface area (Å²) in [7, 11) is 0. The lowest BCUT2D eigenvalue weighted by atomic mass is 10.2. The standard InChI is InChI=1S/C17H23N7O/c1-2-6-18-16(5-1)23-7-9-24(10-8-23)17-21-15(13-20-22-17)19-12-14-4-3-11-25-14/h1-2,5-6,13-14H,3-4,7-12H2,(H,19,21,22). The molecule has 1 atom stereocenters. The Labute approximate surface area is 147 Å². The lowest BCUT2D eigenvalue weighted by molar-refractivity contribution is 0.120. The molecule has 0 spiro atoms. The van der Waals surface area contributed by atoms with Gasteiger partial charge in [-0.05, 0) is 25.0 Å². The molecule has 8 heteroatoms. The fourth-order valence-corrected chi connectivity index (χ4v) is 3.21. The first kappa shape index (κ1) is 16.0. The molecule has 0 amide bonds. The number of hydrogen-bond acceptors (Lipinski definition) is 8. The zero-order valence-electron chi connectivity index (χ0n) is 14.2. The van der Waals surface area contributed by atoms with Crippen LogP contribution in [0.5, 0.6) is 0 Å². The highest BCUT2D eigenvalue weighted by atomic mass is 16.5. The fourth-order valence-electron chi connectivity index (χ4n) is 3.21. The Morgan fingerprint density at radius 2 is 2.04 bits per heavy atom. The summed E-state index contributed by atoms with van der Waals surface area (Å²) in [6.07, 6.45) is 6.02. The van der Waals surface area contributed by atoms with Gasteiger partial charge in [0.15, 0.2) is 5.82 Å². The molecule has 0 bridgehead atoms. The Kier molecular flexibility index (Phi) is 4.87. The van der Waals surface area contributed by atoms with E-state index in [2.05, 4.69) is 35.3 Å². The van der Waals surface area contributed by atoms with Gasteiger partial charge in [-0.1, -0.05) is 6.07 Å². The SMILES string of the molecule is c1ccc(N2CCN(c3nncc(NCC4CCCO4)n3)CC2)nc1. The minimum absolute atomic E-state index is 0.278. The van der Waals surface area contributed by atoms with Gasteiger partial charge in [-0.25, -0.2) is 4.98 Å². The molecule has 2 aliphatic heterocycles. The average molecular weight is 341 g/mol. The van der Waals surface area contributed by atoms with Crippen molar-refractivity contribution in [2.45, 2.75) is 18.9 Å². The van der Waals surface area contributed by atoms with Crippen LogP contribution in [0.3, 0.4) is 0 Å². The summed E-state index contributed by atoms with van der Waals surface area (Å²) >= 11 is 0. The van der Waals surface area contributed by atoms with Gasteiger partial charge in [-0.2, -0.15) is 10.1 Å². The van der Waals surface area contributed by atoms with Crippen molar-refractivity contribution in [2.24, 2.45) is 0 Å². The van der Waals surface area contributed by atoms with Gasteiger partial charge < -0.3 is 19.9 Å². The maximum absolute atomic E-state index is 5.63. The van der Waals surface area contributed by atoms with Crippen LogP contribution in [-0.2, 0) is 4.74 Å². The van der Waals surface area contributed by atoms with E-state index in [9.17, 15) is 0 Å². The second-order valence-corrected chi connectivity index (χ2v) is 6.32. The second kappa shape index (κ2) is 7.60. The van der Waals surface area contributed by atoms with E-state index < -0.39 is 0 Å². The van der Waals surface area contributed by atoms with Crippen molar-refractivity contribution in [1.82, 2.24) is 20.2 Å². The van der Waals surface area contributed by atoms with Crippen molar-refractivity contribution in [2.75, 3.05) is 54.4 Å². The zero-order chi connectivity index (χ0) is 16.9. The molecule has 0 aromatic carbocycles. The maximum atomic E-state index is 5.63. The minimum atomic E-state index is 0.278. The summed E-state index contributed by atoms with van der Waals surface area (Å²) in [5.74, 6) is 2.46. The Morgan fingerprint density at radius 3 is 2.80 bits per heavy atom. The van der Waals surface area contributed by atoms with Crippen molar-refractivity contribution in [3.05, 3.63) is 30.6 Å². The van der Waals surface area contributed by atoms with Gasteiger partial charge in [0.25, 0.3) is 0 Å². The van der Waals surface area contributed by atoms with Crippen LogP contribution in [0.2, 0.25) is 0 Å². The lowest BCUT2D eigenvalue weighted by Gasteiger charge is -2.35. The molecule has 0 aliphatic carbocycles. The van der Waals surface area contributed by atoms with Crippen LogP contribution in [0.25, 0.3) is 0 Å². The molecular weight excluding hydrogens is 318 g/mol. The molecule has 25 heavy (non-hydrogen) atoms. The molecule has 132 valence electrons. The van der Waals surface area contributed by atoms with Gasteiger partial charge in [0, 0.05) is 45.5 Å². The number of nitrogens with one attached hydrogen (secondary N) is 1. The average Bonchev–Trinajstić information content (AvgIpc) is 3.21. The molecule has 2 fully saturated rings. The van der Waals surface area contributed by atoms with E-state index in [0.29, 0.717) is 5.95 Å². The van der Waals surface area contributed by atoms with E-state index in [-0.39, 0.29) is 6.10 Å². The number of anilines is 3. The van der Waals surface area contributed by atoms with E-state index in [1.807, 2.05) is 24.4 Å². The first-order chi connectivity index (χ1) is 12.4. The first-order valence-corrected chi connectivity index (χ1v) is 8.84. The Morgan fingerprint density at radius 1 is 1.16 bits per heavy atom. The fraction of sp³-hybridized carbons (Fsp3) is 0.529. The number of nitrogens with zero attached hydrogens (tertiary/aromatic N) is 6. The highest BCUT2D eigenvalue weighted by molar-refractivity contribution is 5.43. The number of pyridine rings is 1. The van der Waals surface area contributed by atoms with Crippen LogP contribution in [-0.4, -0.2) is 65.6 Å². The minimum Gasteiger partial charge on any atom is -0.376 e. The molecule has 1 N–H and O–H groups in total. The van der Waals surface area contributed by atoms with Crippen molar-refractivity contribution >= 4 is 17.6 Å². The summed E-state index contributed by atoms with van der Waals surface area (Å²) in [4.78, 5) is 13.5. The topological polar surface area (TPSA) is 79.3 Å². The van der Waals surface area contributed by atoms with Gasteiger partial charge in [0.05, 0.1) is 12.3 Å². The van der Waals surface area contributed by atoms with Crippen molar-refractivity contribution < 1.29 is 4.74 Å². The quantitative estimate of drug-likeness (QED) is 0.869. The van der Waals surface area contributed by atoms with E-state index in [1.165, 1.54) is 0 Å². The lowest BCUT2D eigenvalue weighted by Crippen LogP contribution is -2.47. The highest BCUT2D eigenvalue weighted by Crippen LogP contribution is 2.17. The molecule has 1 unspecified atom stereocenters. The van der Waals surface area contributed by atoms with Crippen LogP contribution in [0.4, 0.5) is 17.6 Å². The summed E-state index contributed by atoms with van der Waals surface area (Å²) in [6.45, 7) is 5.13. The summed E-state index contributed by atoms with van der Waals surface area (Å²) < 4.78 is 5.63. The van der Waals surface area contributed by atoms with Crippen LogP contribution in [0, 0.1) is 0 Å². The Hall–Kier alpha value is -2.48. The van der Waals surface area contributed by atoms with Gasteiger partial charge in [-0.3, -0.25) is 0 Å². The molecular formula is C17H23N7O. The van der Waals surface area contributed by atoms with Gasteiger partial charge in [0.2, 0.25) is 5.95 Å². The molecule has 2 aromatic rings. The van der Waals surface area contributed by atoms with Gasteiger partial charge >= 0.3 is 0 Å². The molecule has 0 saturated carbocycles. The van der Waals surface area contributed by atoms with Gasteiger partial charge in [-0.15, -0.1) is 5.10 Å². The maximum Gasteiger partial charge on any atom is 0.247 e. The number of piperazine rings is 1. The number of rotatable bonds is 5. The molecule has 8 nitrogen and oxygen atoms in total. The largest absolute Gasteiger partial charge is 0.376 e.